The van der Waals surface area contributed by atoms with E-state index < -0.39 is 21.8 Å². The molecule has 2 heterocycles. The molecule has 4 rings (SSSR count). The van der Waals surface area contributed by atoms with Crippen LogP contribution >= 0.6 is 0 Å². The largest absolute Gasteiger partial charge is 0.496 e. The van der Waals surface area contributed by atoms with Crippen LogP contribution in [0.4, 0.5) is 0 Å². The molecule has 0 saturated carbocycles. The highest BCUT2D eigenvalue weighted by Gasteiger charge is 2.35. The Kier molecular flexibility index (Phi) is 5.07. The van der Waals surface area contributed by atoms with Gasteiger partial charge in [0.15, 0.2) is 9.84 Å². The number of carbonyl (C=O) groups excluding carboxylic acids is 3. The van der Waals surface area contributed by atoms with Crippen LogP contribution in [0.2, 0.25) is 0 Å². The Morgan fingerprint density at radius 3 is 2.37 bits per heavy atom. The number of hydrogen-bond acceptors (Lipinski definition) is 6. The van der Waals surface area contributed by atoms with E-state index in [1.165, 1.54) is 7.11 Å². The van der Waals surface area contributed by atoms with Crippen molar-refractivity contribution in [2.45, 2.75) is 19.0 Å². The second kappa shape index (κ2) is 7.56. The summed E-state index contributed by atoms with van der Waals surface area (Å²) in [6.07, 6.45) is 0.366. The molecule has 30 heavy (non-hydrogen) atoms. The Bertz CT molecular complexity index is 1120. The maximum Gasteiger partial charge on any atom is 0.261 e. The highest BCUT2D eigenvalue weighted by molar-refractivity contribution is 7.91. The number of benzene rings is 2. The number of methoxy groups -OCH3 is 1. The van der Waals surface area contributed by atoms with Gasteiger partial charge in [-0.15, -0.1) is 0 Å². The van der Waals surface area contributed by atoms with E-state index in [1.54, 1.807) is 42.5 Å². The molecule has 0 aliphatic carbocycles. The van der Waals surface area contributed by atoms with Gasteiger partial charge in [0.2, 0.25) is 0 Å². The van der Waals surface area contributed by atoms with Gasteiger partial charge in [-0.3, -0.25) is 19.3 Å². The summed E-state index contributed by atoms with van der Waals surface area (Å²) in [5.74, 6) is -0.940. The number of carbonyl (C=O) groups is 3. The zero-order valence-electron chi connectivity index (χ0n) is 16.3. The van der Waals surface area contributed by atoms with E-state index in [1.807, 2.05) is 0 Å². The van der Waals surface area contributed by atoms with Gasteiger partial charge in [0.25, 0.3) is 17.7 Å². The van der Waals surface area contributed by atoms with Crippen molar-refractivity contribution in [1.82, 2.24) is 10.2 Å². The third kappa shape index (κ3) is 3.68. The van der Waals surface area contributed by atoms with Crippen molar-refractivity contribution in [3.8, 4) is 5.75 Å². The van der Waals surface area contributed by atoms with Gasteiger partial charge in [0, 0.05) is 6.04 Å². The van der Waals surface area contributed by atoms with E-state index in [9.17, 15) is 22.8 Å². The smallest absolute Gasteiger partial charge is 0.261 e. The second-order valence-electron chi connectivity index (χ2n) is 7.35. The summed E-state index contributed by atoms with van der Waals surface area (Å²) in [5.41, 5.74) is 1.51. The lowest BCUT2D eigenvalue weighted by atomic mass is 10.1. The molecule has 2 aromatic rings. The molecule has 9 heteroatoms. The maximum atomic E-state index is 12.8. The molecule has 0 bridgehead atoms. The summed E-state index contributed by atoms with van der Waals surface area (Å²) < 4.78 is 28.5. The third-order valence-electron chi connectivity index (χ3n) is 5.30. The average molecular weight is 428 g/mol. The van der Waals surface area contributed by atoms with Crippen molar-refractivity contribution >= 4 is 27.6 Å². The fraction of sp³-hybridized carbons (Fsp3) is 0.286. The fourth-order valence-electron chi connectivity index (χ4n) is 3.77. The highest BCUT2D eigenvalue weighted by atomic mass is 32.2. The highest BCUT2D eigenvalue weighted by Crippen LogP contribution is 2.26. The van der Waals surface area contributed by atoms with Crippen molar-refractivity contribution in [2.75, 3.05) is 18.6 Å². The number of hydrogen-bond donors (Lipinski definition) is 1. The molecular weight excluding hydrogens is 408 g/mol. The van der Waals surface area contributed by atoms with E-state index in [4.69, 9.17) is 4.74 Å². The number of fused-ring (bicyclic) bond motifs is 1. The molecule has 2 aromatic carbocycles. The molecule has 0 spiro atoms. The molecule has 1 saturated heterocycles. The van der Waals surface area contributed by atoms with Crippen LogP contribution in [0.1, 0.15) is 43.1 Å². The van der Waals surface area contributed by atoms with Crippen LogP contribution in [0.25, 0.3) is 0 Å². The van der Waals surface area contributed by atoms with Crippen LogP contribution in [0.15, 0.2) is 42.5 Å². The Labute approximate surface area is 173 Å². The first-order valence-corrected chi connectivity index (χ1v) is 11.2. The molecule has 2 aliphatic rings. The lowest BCUT2D eigenvalue weighted by Crippen LogP contribution is -2.36. The predicted molar refractivity (Wildman–Crippen MR) is 108 cm³/mol. The van der Waals surface area contributed by atoms with Gasteiger partial charge >= 0.3 is 0 Å². The number of ether oxygens (including phenoxy) is 1. The lowest BCUT2D eigenvalue weighted by Gasteiger charge is -2.17. The number of nitrogens with one attached hydrogen (secondary N) is 1. The first-order chi connectivity index (χ1) is 14.3. The SMILES string of the molecule is COc1ccc(CN2C(=O)c3ccccc3C2=O)cc1C(=O)N[C@H]1CCS(=O)(=O)C1. The predicted octanol–water partition coefficient (Wildman–Crippen LogP) is 1.41. The molecule has 3 amide bonds. The molecule has 0 radical (unpaired) electrons. The van der Waals surface area contributed by atoms with E-state index >= 15 is 0 Å². The summed E-state index contributed by atoms with van der Waals surface area (Å²) in [6, 6.07) is 11.0. The van der Waals surface area contributed by atoms with E-state index in [2.05, 4.69) is 5.32 Å². The van der Waals surface area contributed by atoms with E-state index in [0.717, 1.165) is 4.90 Å². The van der Waals surface area contributed by atoms with Crippen molar-refractivity contribution in [1.29, 1.82) is 0 Å². The first kappa shape index (κ1) is 20.1. The Balaban J connectivity index is 1.55. The van der Waals surface area contributed by atoms with Crippen molar-refractivity contribution in [3.05, 3.63) is 64.7 Å². The minimum Gasteiger partial charge on any atom is -0.496 e. The van der Waals surface area contributed by atoms with Crippen molar-refractivity contribution in [2.24, 2.45) is 0 Å². The summed E-state index contributed by atoms with van der Waals surface area (Å²) in [4.78, 5) is 39.1. The average Bonchev–Trinajstić information content (AvgIpc) is 3.19. The lowest BCUT2D eigenvalue weighted by molar-refractivity contribution is 0.0642. The first-order valence-electron chi connectivity index (χ1n) is 9.42. The molecule has 0 unspecified atom stereocenters. The summed E-state index contributed by atoms with van der Waals surface area (Å²) in [5, 5.41) is 2.73. The molecule has 1 atom stereocenters. The van der Waals surface area contributed by atoms with Crippen LogP contribution in [0.5, 0.6) is 5.75 Å². The minimum atomic E-state index is -3.13. The maximum absolute atomic E-state index is 12.8. The molecule has 2 aliphatic heterocycles. The van der Waals surface area contributed by atoms with Gasteiger partial charge in [-0.25, -0.2) is 8.42 Å². The van der Waals surface area contributed by atoms with Gasteiger partial charge in [0.1, 0.15) is 5.75 Å². The van der Waals surface area contributed by atoms with E-state index in [0.29, 0.717) is 28.9 Å². The van der Waals surface area contributed by atoms with Crippen LogP contribution in [0.3, 0.4) is 0 Å². The molecule has 1 fully saturated rings. The fourth-order valence-corrected chi connectivity index (χ4v) is 5.44. The van der Waals surface area contributed by atoms with Crippen LogP contribution in [0, 0.1) is 0 Å². The van der Waals surface area contributed by atoms with E-state index in [-0.39, 0.29) is 35.4 Å². The summed E-state index contributed by atoms with van der Waals surface area (Å²) in [6.45, 7) is 0.00836. The Morgan fingerprint density at radius 1 is 1.13 bits per heavy atom. The number of amides is 3. The second-order valence-corrected chi connectivity index (χ2v) is 9.58. The Hall–Kier alpha value is -3.20. The number of rotatable bonds is 5. The van der Waals surface area contributed by atoms with Crippen LogP contribution in [-0.4, -0.2) is 55.7 Å². The summed E-state index contributed by atoms with van der Waals surface area (Å²) in [7, 11) is -1.70. The van der Waals surface area contributed by atoms with Crippen LogP contribution < -0.4 is 10.1 Å². The van der Waals surface area contributed by atoms with Crippen LogP contribution in [-0.2, 0) is 16.4 Å². The molecule has 0 aromatic heterocycles. The molecule has 156 valence electrons. The number of nitrogens with zero attached hydrogens (tertiary/aromatic N) is 1. The zero-order valence-corrected chi connectivity index (χ0v) is 17.1. The normalized spacial score (nSPS) is 19.6. The van der Waals surface area contributed by atoms with Crippen molar-refractivity contribution in [3.63, 3.8) is 0 Å². The minimum absolute atomic E-state index is 0.00836. The summed E-state index contributed by atoms with van der Waals surface area (Å²) >= 11 is 0. The topological polar surface area (TPSA) is 110 Å². The monoisotopic (exact) mass is 428 g/mol. The van der Waals surface area contributed by atoms with Gasteiger partial charge in [-0.05, 0) is 36.2 Å². The standard InChI is InChI=1S/C21H20N2O6S/c1-29-18-7-6-13(10-17(18)19(24)22-14-8-9-30(27,28)12-14)11-23-20(25)15-4-2-3-5-16(15)21(23)26/h2-7,10,14H,8-9,11-12H2,1H3,(H,22,24)/t14-/m0/s1. The number of sulfone groups is 1. The molecule has 1 N–H and O–H groups in total. The zero-order chi connectivity index (χ0) is 21.5. The Morgan fingerprint density at radius 2 is 1.80 bits per heavy atom. The van der Waals surface area contributed by atoms with Gasteiger partial charge in [0.05, 0.1) is 41.9 Å². The van der Waals surface area contributed by atoms with Gasteiger partial charge < -0.3 is 10.1 Å². The van der Waals surface area contributed by atoms with Gasteiger partial charge in [-0.1, -0.05) is 18.2 Å². The number of imide groups is 1. The third-order valence-corrected chi connectivity index (χ3v) is 7.06. The molecular formula is C21H20N2O6S. The van der Waals surface area contributed by atoms with Gasteiger partial charge in [-0.2, -0.15) is 0 Å². The molecule has 8 nitrogen and oxygen atoms in total. The van der Waals surface area contributed by atoms with Crippen molar-refractivity contribution < 1.29 is 27.5 Å². The quantitative estimate of drug-likeness (QED) is 0.721.